The molecule has 0 saturated heterocycles. The highest BCUT2D eigenvalue weighted by Gasteiger charge is 2.53. The molecule has 0 spiro atoms. The zero-order chi connectivity index (χ0) is 33.3. The van der Waals surface area contributed by atoms with Crippen LogP contribution in [0.4, 0.5) is 0 Å². The fourth-order valence-electron chi connectivity index (χ4n) is 5.29. The summed E-state index contributed by atoms with van der Waals surface area (Å²) in [5, 5.41) is 12.1. The monoisotopic (exact) mass is 658 g/mol. The van der Waals surface area contributed by atoms with E-state index < -0.39 is 27.4 Å². The summed E-state index contributed by atoms with van der Waals surface area (Å²) in [6.07, 6.45) is -0.637. The number of rotatable bonds is 15. The molecule has 0 saturated carbocycles. The Morgan fingerprint density at radius 1 is 0.894 bits per heavy atom. The van der Waals surface area contributed by atoms with E-state index in [2.05, 4.69) is 5.32 Å². The highest BCUT2D eigenvalue weighted by molar-refractivity contribution is 7.91. The molecular weight excluding hydrogens is 620 g/mol. The van der Waals surface area contributed by atoms with E-state index in [0.29, 0.717) is 41.4 Å². The van der Waals surface area contributed by atoms with Crippen LogP contribution in [0.1, 0.15) is 35.6 Å². The van der Waals surface area contributed by atoms with E-state index in [1.54, 1.807) is 93.1 Å². The minimum absolute atomic E-state index is 0.0248. The first kappa shape index (κ1) is 33.5. The molecule has 1 aliphatic rings. The third kappa shape index (κ3) is 7.93. The second-order valence-electron chi connectivity index (χ2n) is 11.0. The number of aliphatic hydroxyl groups excluding tert-OH is 1. The summed E-state index contributed by atoms with van der Waals surface area (Å²) in [6, 6.07) is 29.6. The lowest BCUT2D eigenvalue weighted by Gasteiger charge is -2.30. The van der Waals surface area contributed by atoms with Gasteiger partial charge in [-0.3, -0.25) is 4.79 Å². The molecule has 2 N–H and O–H groups in total. The number of aliphatic hydroxyl groups is 1. The van der Waals surface area contributed by atoms with Crippen molar-refractivity contribution in [3.8, 4) is 17.2 Å². The third-order valence-corrected chi connectivity index (χ3v) is 9.62. The second-order valence-corrected chi connectivity index (χ2v) is 13.1. The smallest absolute Gasteiger partial charge is 0.252 e. The van der Waals surface area contributed by atoms with Crippen molar-refractivity contribution in [1.29, 1.82) is 0 Å². The Balaban J connectivity index is 1.55. The lowest BCUT2D eigenvalue weighted by atomic mass is 9.85. The van der Waals surface area contributed by atoms with Crippen molar-refractivity contribution in [2.75, 3.05) is 33.2 Å². The summed E-state index contributed by atoms with van der Waals surface area (Å²) in [5.74, 6) is 1.19. The fraction of sp³-hybridized carbons (Fsp3) is 0.278. The highest BCUT2D eigenvalue weighted by atomic mass is 32.2. The largest absolute Gasteiger partial charge is 0.497 e. The van der Waals surface area contributed by atoms with E-state index in [1.807, 2.05) is 12.1 Å². The van der Waals surface area contributed by atoms with Crippen LogP contribution >= 0.6 is 0 Å². The predicted molar refractivity (Wildman–Crippen MR) is 178 cm³/mol. The fourth-order valence-corrected chi connectivity index (χ4v) is 6.68. The minimum atomic E-state index is -3.79. The number of amides is 1. The van der Waals surface area contributed by atoms with Crippen molar-refractivity contribution >= 4 is 21.6 Å². The van der Waals surface area contributed by atoms with Crippen molar-refractivity contribution in [3.05, 3.63) is 120 Å². The standard InChI is InChI=1S/C36H38N2O8S/c1-43-29-16-12-26(13-17-29)25-37-35(40)36(20-23-47(41,42)32-10-4-3-5-11-32)33(28-8-6-9-31(24-28)44-2)46-34(38-36)27-14-18-30(19-15-27)45-22-7-21-39/h3-6,8-19,24,33,39H,7,20-23,25H2,1-2H3,(H,37,40)/t33-,36-/m1/s1. The Morgan fingerprint density at radius 3 is 2.28 bits per heavy atom. The zero-order valence-corrected chi connectivity index (χ0v) is 27.1. The first-order valence-electron chi connectivity index (χ1n) is 15.2. The van der Waals surface area contributed by atoms with E-state index in [4.69, 9.17) is 29.0 Å². The number of hydrogen-bond donors (Lipinski definition) is 2. The van der Waals surface area contributed by atoms with Crippen LogP contribution in [0, 0.1) is 0 Å². The molecule has 47 heavy (non-hydrogen) atoms. The van der Waals surface area contributed by atoms with Crippen molar-refractivity contribution in [1.82, 2.24) is 5.32 Å². The molecule has 4 aromatic rings. The van der Waals surface area contributed by atoms with Gasteiger partial charge in [0.05, 0.1) is 31.5 Å². The third-order valence-electron chi connectivity index (χ3n) is 7.89. The molecule has 0 fully saturated rings. The summed E-state index contributed by atoms with van der Waals surface area (Å²) < 4.78 is 50.0. The van der Waals surface area contributed by atoms with Gasteiger partial charge >= 0.3 is 0 Å². The molecule has 1 amide bonds. The molecule has 10 nitrogen and oxygen atoms in total. The molecule has 0 radical (unpaired) electrons. The van der Waals surface area contributed by atoms with Gasteiger partial charge in [0.15, 0.2) is 21.5 Å². The van der Waals surface area contributed by atoms with E-state index in [-0.39, 0.29) is 36.1 Å². The summed E-state index contributed by atoms with van der Waals surface area (Å²) >= 11 is 0. The Kier molecular flexibility index (Phi) is 10.8. The van der Waals surface area contributed by atoms with Crippen LogP contribution in [0.15, 0.2) is 113 Å². The number of nitrogens with one attached hydrogen (secondary N) is 1. The van der Waals surface area contributed by atoms with E-state index >= 15 is 0 Å². The van der Waals surface area contributed by atoms with Gasteiger partial charge in [-0.1, -0.05) is 42.5 Å². The van der Waals surface area contributed by atoms with Crippen molar-refractivity contribution < 1.29 is 37.3 Å². The van der Waals surface area contributed by atoms with Crippen LogP contribution in [-0.4, -0.2) is 64.1 Å². The minimum Gasteiger partial charge on any atom is -0.497 e. The molecular formula is C36H38N2O8S. The van der Waals surface area contributed by atoms with Crippen LogP contribution in [-0.2, 0) is 25.9 Å². The van der Waals surface area contributed by atoms with Gasteiger partial charge in [-0.25, -0.2) is 13.4 Å². The molecule has 2 atom stereocenters. The molecule has 246 valence electrons. The van der Waals surface area contributed by atoms with Crippen LogP contribution in [0.3, 0.4) is 0 Å². The van der Waals surface area contributed by atoms with Crippen molar-refractivity contribution in [3.63, 3.8) is 0 Å². The first-order chi connectivity index (χ1) is 22.8. The van der Waals surface area contributed by atoms with E-state index in [9.17, 15) is 13.2 Å². The Labute approximate surface area is 274 Å². The van der Waals surface area contributed by atoms with E-state index in [1.165, 1.54) is 12.1 Å². The number of benzene rings is 4. The van der Waals surface area contributed by atoms with Gasteiger partial charge < -0.3 is 29.4 Å². The summed E-state index contributed by atoms with van der Waals surface area (Å²) in [4.78, 5) is 19.5. The molecule has 1 aliphatic heterocycles. The number of hydrogen-bond acceptors (Lipinski definition) is 9. The lowest BCUT2D eigenvalue weighted by molar-refractivity contribution is -0.129. The number of nitrogens with zero attached hydrogens (tertiary/aromatic N) is 1. The van der Waals surface area contributed by atoms with Gasteiger partial charge in [0.1, 0.15) is 17.2 Å². The van der Waals surface area contributed by atoms with Crippen LogP contribution < -0.4 is 19.5 Å². The summed E-state index contributed by atoms with van der Waals surface area (Å²) in [7, 11) is -0.666. The van der Waals surface area contributed by atoms with Crippen molar-refractivity contribution in [2.24, 2.45) is 4.99 Å². The highest BCUT2D eigenvalue weighted by Crippen LogP contribution is 2.44. The Hall–Kier alpha value is -4.87. The van der Waals surface area contributed by atoms with Gasteiger partial charge in [-0.05, 0) is 71.8 Å². The number of aliphatic imine (C=N–C) groups is 1. The van der Waals surface area contributed by atoms with Crippen LogP contribution in [0.25, 0.3) is 0 Å². The van der Waals surface area contributed by atoms with Crippen molar-refractivity contribution in [2.45, 2.75) is 35.9 Å². The molecule has 5 rings (SSSR count). The zero-order valence-electron chi connectivity index (χ0n) is 26.3. The molecule has 0 bridgehead atoms. The number of carbonyl (C=O) groups is 1. The maximum absolute atomic E-state index is 14.4. The number of carbonyl (C=O) groups excluding carboxylic acids is 1. The van der Waals surface area contributed by atoms with E-state index in [0.717, 1.165) is 5.56 Å². The molecule has 1 heterocycles. The topological polar surface area (TPSA) is 133 Å². The number of sulfone groups is 1. The molecule has 4 aromatic carbocycles. The van der Waals surface area contributed by atoms with Gasteiger partial charge in [0.2, 0.25) is 5.90 Å². The lowest BCUT2D eigenvalue weighted by Crippen LogP contribution is -2.49. The number of ether oxygens (including phenoxy) is 4. The molecule has 0 aliphatic carbocycles. The van der Waals surface area contributed by atoms with Gasteiger partial charge in [0, 0.05) is 31.6 Å². The first-order valence-corrected chi connectivity index (χ1v) is 16.9. The average Bonchev–Trinajstić information content (AvgIpc) is 3.52. The summed E-state index contributed by atoms with van der Waals surface area (Å²) in [6.45, 7) is 0.557. The second kappa shape index (κ2) is 15.1. The normalized spacial score (nSPS) is 17.3. The van der Waals surface area contributed by atoms with Gasteiger partial charge in [-0.15, -0.1) is 0 Å². The number of methoxy groups -OCH3 is 2. The summed E-state index contributed by atoms with van der Waals surface area (Å²) in [5.41, 5.74) is 0.350. The van der Waals surface area contributed by atoms with Gasteiger partial charge in [-0.2, -0.15) is 0 Å². The maximum Gasteiger partial charge on any atom is 0.252 e. The molecule has 11 heteroatoms. The average molecular weight is 659 g/mol. The van der Waals surface area contributed by atoms with Crippen LogP contribution in [0.2, 0.25) is 0 Å². The molecule has 0 unspecified atom stereocenters. The Morgan fingerprint density at radius 2 is 1.60 bits per heavy atom. The SMILES string of the molecule is COc1ccc(CNC(=O)[C@]2(CCS(=O)(=O)c3ccccc3)N=C(c3ccc(OCCCO)cc3)O[C@@H]2c2cccc(OC)c2)cc1. The Bertz CT molecular complexity index is 1780. The van der Waals surface area contributed by atoms with Gasteiger partial charge in [0.25, 0.3) is 5.91 Å². The molecule has 0 aromatic heterocycles. The quantitative estimate of drug-likeness (QED) is 0.173. The van der Waals surface area contributed by atoms with Crippen LogP contribution in [0.5, 0.6) is 17.2 Å². The maximum atomic E-state index is 14.4. The predicted octanol–water partition coefficient (Wildman–Crippen LogP) is 4.90.